The zero-order valence-electron chi connectivity index (χ0n) is 10.5. The lowest BCUT2D eigenvalue weighted by molar-refractivity contribution is 0.772. The van der Waals surface area contributed by atoms with Gasteiger partial charge in [-0.1, -0.05) is 18.2 Å². The summed E-state index contributed by atoms with van der Waals surface area (Å²) in [5.41, 5.74) is 4.60. The van der Waals surface area contributed by atoms with Crippen molar-refractivity contribution in [2.24, 2.45) is 0 Å². The molecule has 0 atom stereocenters. The maximum absolute atomic E-state index is 4.38. The van der Waals surface area contributed by atoms with Gasteiger partial charge in [0.05, 0.1) is 18.4 Å². The second-order valence-electron chi connectivity index (χ2n) is 4.44. The van der Waals surface area contributed by atoms with Gasteiger partial charge in [-0.15, -0.1) is 0 Å². The van der Waals surface area contributed by atoms with Gasteiger partial charge in [-0.2, -0.15) is 0 Å². The molecule has 0 bridgehead atoms. The van der Waals surface area contributed by atoms with E-state index in [-0.39, 0.29) is 0 Å². The number of hydrogen-bond acceptors (Lipinski definition) is 2. The van der Waals surface area contributed by atoms with Crippen LogP contribution in [0.4, 0.5) is 0 Å². The normalized spacial score (nSPS) is 11.2. The van der Waals surface area contributed by atoms with Crippen molar-refractivity contribution in [3.05, 3.63) is 42.0 Å². The summed E-state index contributed by atoms with van der Waals surface area (Å²) in [7, 11) is 1.92. The number of fused-ring (bicyclic) bond motifs is 1. The highest BCUT2D eigenvalue weighted by atomic mass is 15.0. The molecule has 2 heterocycles. The molecule has 0 aliphatic rings. The van der Waals surface area contributed by atoms with Gasteiger partial charge in [-0.3, -0.25) is 0 Å². The second kappa shape index (κ2) is 4.31. The van der Waals surface area contributed by atoms with Gasteiger partial charge in [0.1, 0.15) is 5.82 Å². The molecule has 3 rings (SSSR count). The fourth-order valence-corrected chi connectivity index (χ4v) is 2.37. The number of imidazole rings is 1. The van der Waals surface area contributed by atoms with Crippen LogP contribution in [0.25, 0.3) is 22.2 Å². The molecule has 0 aliphatic heterocycles. The molecule has 0 radical (unpaired) electrons. The van der Waals surface area contributed by atoms with Crippen LogP contribution < -0.4 is 5.32 Å². The summed E-state index contributed by atoms with van der Waals surface area (Å²) in [6, 6.07) is 8.33. The molecule has 0 saturated heterocycles. The minimum Gasteiger partial charge on any atom is -0.358 e. The number of aromatic amines is 2. The number of nitrogens with one attached hydrogen (secondary N) is 3. The molecule has 18 heavy (non-hydrogen) atoms. The first kappa shape index (κ1) is 11.0. The van der Waals surface area contributed by atoms with Gasteiger partial charge in [-0.25, -0.2) is 4.98 Å². The van der Waals surface area contributed by atoms with Crippen molar-refractivity contribution in [1.82, 2.24) is 20.3 Å². The van der Waals surface area contributed by atoms with Crippen LogP contribution in [0.2, 0.25) is 0 Å². The van der Waals surface area contributed by atoms with Crippen LogP contribution in [0.15, 0.2) is 30.5 Å². The van der Waals surface area contributed by atoms with Crippen LogP contribution >= 0.6 is 0 Å². The van der Waals surface area contributed by atoms with Gasteiger partial charge in [0.2, 0.25) is 0 Å². The Morgan fingerprint density at radius 2 is 2.06 bits per heavy atom. The summed E-state index contributed by atoms with van der Waals surface area (Å²) >= 11 is 0. The first-order valence-corrected chi connectivity index (χ1v) is 6.05. The maximum atomic E-state index is 4.38. The van der Waals surface area contributed by atoms with E-state index >= 15 is 0 Å². The molecule has 0 fully saturated rings. The Morgan fingerprint density at radius 1 is 1.22 bits per heavy atom. The van der Waals surface area contributed by atoms with E-state index < -0.39 is 0 Å². The van der Waals surface area contributed by atoms with Crippen LogP contribution in [0.5, 0.6) is 0 Å². The van der Waals surface area contributed by atoms with Crippen LogP contribution in [-0.4, -0.2) is 22.0 Å². The maximum Gasteiger partial charge on any atom is 0.120 e. The Balaban J connectivity index is 2.15. The van der Waals surface area contributed by atoms with Crippen molar-refractivity contribution in [2.75, 3.05) is 7.05 Å². The number of aromatic nitrogens is 3. The third-order valence-corrected chi connectivity index (χ3v) is 3.14. The number of rotatable bonds is 3. The van der Waals surface area contributed by atoms with Gasteiger partial charge >= 0.3 is 0 Å². The predicted molar refractivity (Wildman–Crippen MR) is 73.4 cm³/mol. The van der Waals surface area contributed by atoms with Gasteiger partial charge < -0.3 is 15.3 Å². The van der Waals surface area contributed by atoms with Crippen LogP contribution in [-0.2, 0) is 6.54 Å². The second-order valence-corrected chi connectivity index (χ2v) is 4.44. The SMILES string of the molecule is CNCc1ncc(-c2c(C)[nH]c3ccccc23)[nH]1. The highest BCUT2D eigenvalue weighted by Gasteiger charge is 2.12. The topological polar surface area (TPSA) is 56.5 Å². The molecule has 0 spiro atoms. The van der Waals surface area contributed by atoms with Gasteiger partial charge in [-0.05, 0) is 20.0 Å². The molecule has 4 heteroatoms. The molecule has 4 nitrogen and oxygen atoms in total. The molecule has 3 N–H and O–H groups in total. The standard InChI is InChI=1S/C14H16N4/c1-9-14(10-5-3-4-6-11(10)17-9)12-7-16-13(18-12)8-15-2/h3-7,15,17H,8H2,1-2H3,(H,16,18). The Hall–Kier alpha value is -2.07. The minimum atomic E-state index is 0.751. The summed E-state index contributed by atoms with van der Waals surface area (Å²) in [5, 5.41) is 4.32. The zero-order chi connectivity index (χ0) is 12.5. The fourth-order valence-electron chi connectivity index (χ4n) is 2.37. The van der Waals surface area contributed by atoms with E-state index in [1.165, 1.54) is 10.9 Å². The Labute approximate surface area is 105 Å². The molecule has 0 aliphatic carbocycles. The van der Waals surface area contributed by atoms with Crippen molar-refractivity contribution >= 4 is 10.9 Å². The first-order valence-electron chi connectivity index (χ1n) is 6.05. The van der Waals surface area contributed by atoms with Crippen molar-refractivity contribution < 1.29 is 0 Å². The van der Waals surface area contributed by atoms with E-state index in [2.05, 4.69) is 45.4 Å². The summed E-state index contributed by atoms with van der Waals surface area (Å²) in [5.74, 6) is 0.956. The number of nitrogens with zero attached hydrogens (tertiary/aromatic N) is 1. The molecular weight excluding hydrogens is 224 g/mol. The van der Waals surface area contributed by atoms with E-state index in [4.69, 9.17) is 0 Å². The molecule has 1 aromatic carbocycles. The average Bonchev–Trinajstić information content (AvgIpc) is 2.92. The third kappa shape index (κ3) is 1.71. The average molecular weight is 240 g/mol. The molecule has 0 saturated carbocycles. The monoisotopic (exact) mass is 240 g/mol. The number of para-hydroxylation sites is 1. The molecule has 0 unspecified atom stereocenters. The van der Waals surface area contributed by atoms with Crippen molar-refractivity contribution in [2.45, 2.75) is 13.5 Å². The Morgan fingerprint density at radius 3 is 2.89 bits per heavy atom. The summed E-state index contributed by atoms with van der Waals surface area (Å²) in [6.45, 7) is 2.84. The quantitative estimate of drug-likeness (QED) is 0.659. The highest BCUT2D eigenvalue weighted by Crippen LogP contribution is 2.30. The summed E-state index contributed by atoms with van der Waals surface area (Å²) < 4.78 is 0. The van der Waals surface area contributed by atoms with Crippen molar-refractivity contribution in [3.8, 4) is 11.3 Å². The fraction of sp³-hybridized carbons (Fsp3) is 0.214. The first-order chi connectivity index (χ1) is 8.79. The Kier molecular flexibility index (Phi) is 2.64. The smallest absolute Gasteiger partial charge is 0.120 e. The lowest BCUT2D eigenvalue weighted by Gasteiger charge is -1.98. The van der Waals surface area contributed by atoms with E-state index in [9.17, 15) is 0 Å². The van der Waals surface area contributed by atoms with Gasteiger partial charge in [0.15, 0.2) is 0 Å². The molecular formula is C14H16N4. The van der Waals surface area contributed by atoms with Crippen LogP contribution in [0.3, 0.4) is 0 Å². The van der Waals surface area contributed by atoms with Gasteiger partial charge in [0, 0.05) is 22.2 Å². The zero-order valence-corrected chi connectivity index (χ0v) is 10.5. The lowest BCUT2D eigenvalue weighted by Crippen LogP contribution is -2.06. The number of H-pyrrole nitrogens is 2. The molecule has 92 valence electrons. The summed E-state index contributed by atoms with van der Waals surface area (Å²) in [4.78, 5) is 11.1. The van der Waals surface area contributed by atoms with Crippen LogP contribution in [0, 0.1) is 6.92 Å². The number of hydrogen-bond donors (Lipinski definition) is 3. The van der Waals surface area contributed by atoms with E-state index in [0.29, 0.717) is 0 Å². The van der Waals surface area contributed by atoms with Gasteiger partial charge in [0.25, 0.3) is 0 Å². The van der Waals surface area contributed by atoms with Crippen LogP contribution in [0.1, 0.15) is 11.5 Å². The van der Waals surface area contributed by atoms with E-state index in [1.807, 2.05) is 19.3 Å². The predicted octanol–water partition coefficient (Wildman–Crippen LogP) is 2.59. The highest BCUT2D eigenvalue weighted by molar-refractivity contribution is 5.96. The third-order valence-electron chi connectivity index (χ3n) is 3.14. The molecule has 0 amide bonds. The van der Waals surface area contributed by atoms with Crippen molar-refractivity contribution in [1.29, 1.82) is 0 Å². The molecule has 2 aromatic heterocycles. The Bertz CT molecular complexity index is 678. The number of aryl methyl sites for hydroxylation is 1. The largest absolute Gasteiger partial charge is 0.358 e. The number of benzene rings is 1. The molecule has 3 aromatic rings. The minimum absolute atomic E-state index is 0.751. The van der Waals surface area contributed by atoms with Crippen molar-refractivity contribution in [3.63, 3.8) is 0 Å². The lowest BCUT2D eigenvalue weighted by atomic mass is 10.1. The van der Waals surface area contributed by atoms with E-state index in [1.54, 1.807) is 0 Å². The summed E-state index contributed by atoms with van der Waals surface area (Å²) in [6.07, 6.45) is 1.90. The van der Waals surface area contributed by atoms with E-state index in [0.717, 1.165) is 29.3 Å².